The quantitative estimate of drug-likeness (QED) is 0.724. The van der Waals surface area contributed by atoms with E-state index in [1.807, 2.05) is 5.32 Å². The number of carbonyl (C=O) groups is 2. The topological polar surface area (TPSA) is 70.2 Å². The first-order valence-electron chi connectivity index (χ1n) is 8.95. The Morgan fingerprint density at radius 3 is 2.57 bits per heavy atom. The Balaban J connectivity index is 1.50. The van der Waals surface area contributed by atoms with Gasteiger partial charge in [0.2, 0.25) is 0 Å². The molecule has 2 aliphatic rings. The second kappa shape index (κ2) is 7.21. The highest BCUT2D eigenvalue weighted by atomic mass is 32.1. The molecule has 5 nitrogen and oxygen atoms in total. The maximum absolute atomic E-state index is 12.6. The van der Waals surface area contributed by atoms with Crippen molar-refractivity contribution in [1.29, 1.82) is 0 Å². The van der Waals surface area contributed by atoms with E-state index in [2.05, 4.69) is 10.6 Å². The summed E-state index contributed by atoms with van der Waals surface area (Å²) in [5.41, 5.74) is 0.488. The summed E-state index contributed by atoms with van der Waals surface area (Å²) in [5, 5.41) is 8.41. The van der Waals surface area contributed by atoms with Crippen LogP contribution in [0.5, 0.6) is 0 Å². The van der Waals surface area contributed by atoms with Crippen molar-refractivity contribution in [3.05, 3.63) is 41.3 Å². The van der Waals surface area contributed by atoms with Crippen LogP contribution in [-0.2, 0) is 4.79 Å². The highest BCUT2D eigenvalue weighted by Crippen LogP contribution is 2.35. The smallest absolute Gasteiger partial charge is 0.347 e. The highest BCUT2D eigenvalue weighted by Gasteiger charge is 2.40. The van der Waals surface area contributed by atoms with Gasteiger partial charge in [0, 0.05) is 34.3 Å². The molecule has 0 radical (unpaired) electrons. The van der Waals surface area contributed by atoms with E-state index < -0.39 is 12.1 Å². The average molecular weight is 409 g/mol. The highest BCUT2D eigenvalue weighted by molar-refractivity contribution is 7.17. The van der Waals surface area contributed by atoms with Gasteiger partial charge >= 0.3 is 12.1 Å². The number of fused-ring (bicyclic) bond motifs is 2. The molecule has 28 heavy (non-hydrogen) atoms. The zero-order chi connectivity index (χ0) is 19.9. The summed E-state index contributed by atoms with van der Waals surface area (Å²) >= 11 is 1.18. The number of amides is 2. The lowest BCUT2D eigenvalue weighted by Crippen LogP contribution is -2.42. The van der Waals surface area contributed by atoms with Crippen LogP contribution in [-0.4, -0.2) is 36.1 Å². The van der Waals surface area contributed by atoms with E-state index >= 15 is 0 Å². The fourth-order valence-corrected chi connectivity index (χ4v) is 4.78. The molecule has 3 heterocycles. The van der Waals surface area contributed by atoms with Crippen LogP contribution in [0.3, 0.4) is 0 Å². The van der Waals surface area contributed by atoms with E-state index in [1.165, 1.54) is 17.4 Å². The molecule has 0 spiro atoms. The molecule has 2 aliphatic heterocycles. The van der Waals surface area contributed by atoms with E-state index in [4.69, 9.17) is 0 Å². The lowest BCUT2D eigenvalue weighted by atomic mass is 9.95. The Bertz CT molecular complexity index is 912. The van der Waals surface area contributed by atoms with E-state index in [0.717, 1.165) is 19.3 Å². The number of nitrogens with one attached hydrogen (secondary N) is 3. The number of carbonyl (C=O) groups excluding carboxylic acids is 2. The van der Waals surface area contributed by atoms with Crippen LogP contribution >= 0.6 is 11.3 Å². The van der Waals surface area contributed by atoms with Crippen LogP contribution in [0.2, 0.25) is 0 Å². The predicted octanol–water partition coefficient (Wildman–Crippen LogP) is 3.54. The summed E-state index contributed by atoms with van der Waals surface area (Å²) in [4.78, 5) is 24.9. The number of anilines is 1. The van der Waals surface area contributed by atoms with Crippen LogP contribution in [0.25, 0.3) is 10.4 Å². The van der Waals surface area contributed by atoms with Gasteiger partial charge in [0.05, 0.1) is 4.88 Å². The molecular formula is C19H18F3N3O2S. The van der Waals surface area contributed by atoms with Gasteiger partial charge in [-0.05, 0) is 37.5 Å². The molecule has 2 fully saturated rings. The zero-order valence-electron chi connectivity index (χ0n) is 14.7. The molecule has 2 bridgehead atoms. The second-order valence-corrected chi connectivity index (χ2v) is 8.11. The first kappa shape index (κ1) is 18.9. The molecule has 2 amide bonds. The van der Waals surface area contributed by atoms with Crippen molar-refractivity contribution in [1.82, 2.24) is 10.6 Å². The van der Waals surface area contributed by atoms with Crippen molar-refractivity contribution < 1.29 is 22.8 Å². The van der Waals surface area contributed by atoms with Crippen LogP contribution in [0.4, 0.5) is 18.9 Å². The second-order valence-electron chi connectivity index (χ2n) is 7.02. The number of hydrogen-bond acceptors (Lipinski definition) is 4. The molecule has 3 N–H and O–H groups in total. The third kappa shape index (κ3) is 3.77. The molecule has 1 aromatic heterocycles. The third-order valence-electron chi connectivity index (χ3n) is 5.14. The van der Waals surface area contributed by atoms with Gasteiger partial charge in [-0.2, -0.15) is 13.2 Å². The number of halogens is 3. The number of para-hydroxylation sites is 1. The minimum atomic E-state index is -4.97. The maximum Gasteiger partial charge on any atom is 0.471 e. The number of alkyl halides is 3. The summed E-state index contributed by atoms with van der Waals surface area (Å²) in [6.45, 7) is 0. The summed E-state index contributed by atoms with van der Waals surface area (Å²) < 4.78 is 37.7. The first-order valence-corrected chi connectivity index (χ1v) is 9.77. The Morgan fingerprint density at radius 2 is 1.89 bits per heavy atom. The number of thiophene rings is 1. The monoisotopic (exact) mass is 409 g/mol. The summed E-state index contributed by atoms with van der Waals surface area (Å²) in [7, 11) is 0. The number of benzene rings is 1. The zero-order valence-corrected chi connectivity index (χ0v) is 15.5. The Hall–Kier alpha value is -2.39. The van der Waals surface area contributed by atoms with Gasteiger partial charge in [-0.25, -0.2) is 0 Å². The van der Waals surface area contributed by atoms with Crippen molar-refractivity contribution in [2.45, 2.75) is 43.6 Å². The molecule has 0 saturated carbocycles. The number of rotatable bonds is 4. The lowest BCUT2D eigenvalue weighted by Gasteiger charge is -2.21. The average Bonchev–Trinajstić information content (AvgIpc) is 3.38. The Morgan fingerprint density at radius 1 is 1.11 bits per heavy atom. The molecule has 0 aliphatic carbocycles. The standard InChI is InChI=1S/C19H18F3N3O2S/c20-19(21,22)18(27)25-12-4-2-1-3-11(12)15-7-8-16(28-15)17(26)24-14-9-10-5-6-13(14)23-10/h1-4,7-8,10,13-14,23H,5-6,9H2,(H,24,26)(H,25,27)/t10-,13+,14-/m1/s1. The minimum Gasteiger partial charge on any atom is -0.347 e. The molecule has 9 heteroatoms. The van der Waals surface area contributed by atoms with Crippen molar-refractivity contribution >= 4 is 28.8 Å². The van der Waals surface area contributed by atoms with Crippen molar-refractivity contribution in [3.8, 4) is 10.4 Å². The molecule has 4 rings (SSSR count). The van der Waals surface area contributed by atoms with Crippen LogP contribution in [0.1, 0.15) is 28.9 Å². The van der Waals surface area contributed by atoms with Crippen LogP contribution in [0.15, 0.2) is 36.4 Å². The summed E-state index contributed by atoms with van der Waals surface area (Å²) in [5.74, 6) is -2.22. The van der Waals surface area contributed by atoms with Crippen LogP contribution in [0, 0.1) is 0 Å². The van der Waals surface area contributed by atoms with E-state index in [-0.39, 0.29) is 17.6 Å². The van der Waals surface area contributed by atoms with E-state index in [9.17, 15) is 22.8 Å². The Kier molecular flexibility index (Phi) is 4.88. The summed E-state index contributed by atoms with van der Waals surface area (Å²) in [6, 6.07) is 10.4. The van der Waals surface area contributed by atoms with Gasteiger partial charge in [-0.15, -0.1) is 11.3 Å². The normalized spacial score (nSPS) is 23.6. The molecule has 0 unspecified atom stereocenters. The number of hydrogen-bond donors (Lipinski definition) is 3. The fraction of sp³-hybridized carbons (Fsp3) is 0.368. The van der Waals surface area contributed by atoms with Crippen molar-refractivity contribution in [3.63, 3.8) is 0 Å². The van der Waals surface area contributed by atoms with E-state index in [1.54, 1.807) is 30.3 Å². The van der Waals surface area contributed by atoms with Gasteiger partial charge in [-0.3, -0.25) is 9.59 Å². The molecular weight excluding hydrogens is 391 g/mol. The molecule has 3 atom stereocenters. The van der Waals surface area contributed by atoms with Gasteiger partial charge in [0.25, 0.3) is 5.91 Å². The van der Waals surface area contributed by atoms with E-state index in [0.29, 0.717) is 27.4 Å². The molecule has 2 saturated heterocycles. The SMILES string of the molecule is O=C(N[C@@H]1C[C@H]2CC[C@@H]1N2)c1ccc(-c2ccccc2NC(=O)C(F)(F)F)s1. The third-order valence-corrected chi connectivity index (χ3v) is 6.26. The Labute approximate surface area is 163 Å². The maximum atomic E-state index is 12.6. The fourth-order valence-electron chi connectivity index (χ4n) is 3.83. The molecule has 148 valence electrons. The molecule has 1 aromatic carbocycles. The lowest BCUT2D eigenvalue weighted by molar-refractivity contribution is -0.167. The largest absolute Gasteiger partial charge is 0.471 e. The van der Waals surface area contributed by atoms with Gasteiger partial charge in [0.15, 0.2) is 0 Å². The van der Waals surface area contributed by atoms with Crippen LogP contribution < -0.4 is 16.0 Å². The minimum absolute atomic E-state index is 0.0518. The molecule has 2 aromatic rings. The van der Waals surface area contributed by atoms with Crippen molar-refractivity contribution in [2.24, 2.45) is 0 Å². The predicted molar refractivity (Wildman–Crippen MR) is 100 cm³/mol. The van der Waals surface area contributed by atoms with Gasteiger partial charge in [-0.1, -0.05) is 18.2 Å². The van der Waals surface area contributed by atoms with Gasteiger partial charge in [0.1, 0.15) is 0 Å². The van der Waals surface area contributed by atoms with Gasteiger partial charge < -0.3 is 16.0 Å². The first-order chi connectivity index (χ1) is 13.3. The van der Waals surface area contributed by atoms with Crippen molar-refractivity contribution in [2.75, 3.05) is 5.32 Å². The summed E-state index contributed by atoms with van der Waals surface area (Å²) in [6.07, 6.45) is -1.86.